The van der Waals surface area contributed by atoms with Crippen LogP contribution in [0.4, 0.5) is 0 Å². The van der Waals surface area contributed by atoms with Gasteiger partial charge in [0.2, 0.25) is 0 Å². The molecule has 0 bridgehead atoms. The van der Waals surface area contributed by atoms with E-state index in [1.165, 1.54) is 6.07 Å². The molecule has 0 aliphatic heterocycles. The van der Waals surface area contributed by atoms with Gasteiger partial charge in [0.15, 0.2) is 0 Å². The highest BCUT2D eigenvalue weighted by Crippen LogP contribution is 2.14. The molecule has 0 spiro atoms. The smallest absolute Gasteiger partial charge is 0.255 e. The van der Waals surface area contributed by atoms with Gasteiger partial charge in [0.1, 0.15) is 5.75 Å². The highest BCUT2D eigenvalue weighted by atomic mass is 127. The van der Waals surface area contributed by atoms with Gasteiger partial charge in [0, 0.05) is 6.54 Å². The second-order valence-corrected chi connectivity index (χ2v) is 4.25. The summed E-state index contributed by atoms with van der Waals surface area (Å²) in [4.78, 5) is 11.6. The Kier molecular flexibility index (Phi) is 5.45. The molecule has 0 radical (unpaired) electrons. The third-order valence-corrected chi connectivity index (χ3v) is 2.76. The average molecular weight is 319 g/mol. The Balaban J connectivity index is 2.44. The first-order valence-corrected chi connectivity index (χ1v) is 6.40. The van der Waals surface area contributed by atoms with Crippen LogP contribution in [0.5, 0.6) is 5.75 Å². The van der Waals surface area contributed by atoms with Crippen LogP contribution in [0.15, 0.2) is 24.3 Å². The topological polar surface area (TPSA) is 49.3 Å². The third-order valence-electron chi connectivity index (χ3n) is 1.99. The van der Waals surface area contributed by atoms with Gasteiger partial charge in [-0.3, -0.25) is 4.79 Å². The minimum absolute atomic E-state index is 0.0314. The molecule has 0 aliphatic rings. The lowest BCUT2D eigenvalue weighted by atomic mass is 10.2. The zero-order chi connectivity index (χ0) is 11.1. The lowest BCUT2D eigenvalue weighted by molar-refractivity contribution is 0.0950. The second-order valence-electron chi connectivity index (χ2n) is 3.17. The van der Waals surface area contributed by atoms with Gasteiger partial charge in [0.25, 0.3) is 5.91 Å². The fourth-order valence-corrected chi connectivity index (χ4v) is 1.72. The Hall–Kier alpha value is -0.780. The number of nitrogens with one attached hydrogen (secondary N) is 1. The zero-order valence-electron chi connectivity index (χ0n) is 8.37. The van der Waals surface area contributed by atoms with Crippen molar-refractivity contribution in [3.63, 3.8) is 0 Å². The van der Waals surface area contributed by atoms with Crippen molar-refractivity contribution in [2.45, 2.75) is 12.8 Å². The molecular formula is C11H14INO2. The fourth-order valence-electron chi connectivity index (χ4n) is 1.18. The first kappa shape index (κ1) is 12.3. The average Bonchev–Trinajstić information content (AvgIpc) is 2.25. The van der Waals surface area contributed by atoms with Gasteiger partial charge in [-0.15, -0.1) is 0 Å². The highest BCUT2D eigenvalue weighted by Gasteiger charge is 2.08. The molecule has 0 saturated heterocycles. The van der Waals surface area contributed by atoms with Gasteiger partial charge >= 0.3 is 0 Å². The molecule has 0 fully saturated rings. The summed E-state index contributed by atoms with van der Waals surface area (Å²) in [6.07, 6.45) is 2.07. The molecule has 1 rings (SSSR count). The summed E-state index contributed by atoms with van der Waals surface area (Å²) >= 11 is 2.31. The van der Waals surface area contributed by atoms with Gasteiger partial charge < -0.3 is 10.4 Å². The molecule has 0 atom stereocenters. The molecule has 1 aromatic rings. The first-order valence-electron chi connectivity index (χ1n) is 4.88. The number of carbonyl (C=O) groups excluding carboxylic acids is 1. The van der Waals surface area contributed by atoms with E-state index < -0.39 is 0 Å². The van der Waals surface area contributed by atoms with Crippen molar-refractivity contribution in [3.8, 4) is 5.75 Å². The van der Waals surface area contributed by atoms with Crippen LogP contribution in [0.1, 0.15) is 23.2 Å². The molecule has 1 amide bonds. The molecule has 2 N–H and O–H groups in total. The van der Waals surface area contributed by atoms with Crippen LogP contribution in [-0.2, 0) is 0 Å². The minimum Gasteiger partial charge on any atom is -0.507 e. The summed E-state index contributed by atoms with van der Waals surface area (Å²) in [6, 6.07) is 6.56. The van der Waals surface area contributed by atoms with Crippen molar-refractivity contribution in [1.29, 1.82) is 0 Å². The predicted molar refractivity (Wildman–Crippen MR) is 68.6 cm³/mol. The third kappa shape index (κ3) is 4.07. The van der Waals surface area contributed by atoms with Crippen LogP contribution in [0.2, 0.25) is 0 Å². The molecule has 3 nitrogen and oxygen atoms in total. The Morgan fingerprint density at radius 2 is 2.07 bits per heavy atom. The number of aromatic hydroxyl groups is 1. The monoisotopic (exact) mass is 319 g/mol. The molecule has 0 unspecified atom stereocenters. The number of amides is 1. The molecule has 15 heavy (non-hydrogen) atoms. The van der Waals surface area contributed by atoms with Crippen LogP contribution in [0.3, 0.4) is 0 Å². The van der Waals surface area contributed by atoms with Crippen LogP contribution >= 0.6 is 22.6 Å². The number of phenols is 1. The lowest BCUT2D eigenvalue weighted by Crippen LogP contribution is -2.24. The van der Waals surface area contributed by atoms with E-state index in [0.717, 1.165) is 17.3 Å². The van der Waals surface area contributed by atoms with Crippen LogP contribution in [-0.4, -0.2) is 22.0 Å². The number of unbranched alkanes of at least 4 members (excludes halogenated alkanes) is 1. The van der Waals surface area contributed by atoms with Crippen molar-refractivity contribution < 1.29 is 9.90 Å². The number of rotatable bonds is 5. The Morgan fingerprint density at radius 3 is 2.73 bits per heavy atom. The SMILES string of the molecule is O=C(NCCCCI)c1ccccc1O. The number of hydrogen-bond acceptors (Lipinski definition) is 2. The van der Waals surface area contributed by atoms with E-state index in [9.17, 15) is 9.90 Å². The number of carbonyl (C=O) groups is 1. The quantitative estimate of drug-likeness (QED) is 0.497. The molecule has 0 aliphatic carbocycles. The largest absolute Gasteiger partial charge is 0.507 e. The number of halogens is 1. The molecule has 0 heterocycles. The standard InChI is InChI=1S/C11H14INO2/c12-7-3-4-8-13-11(15)9-5-1-2-6-10(9)14/h1-2,5-6,14H,3-4,7-8H2,(H,13,15). The van der Waals surface area contributed by atoms with Gasteiger partial charge in [-0.1, -0.05) is 34.7 Å². The van der Waals surface area contributed by atoms with Gasteiger partial charge in [-0.2, -0.15) is 0 Å². The normalized spacial score (nSPS) is 9.93. The number of benzene rings is 1. The van der Waals surface area contributed by atoms with Gasteiger partial charge in [-0.05, 0) is 29.4 Å². The fraction of sp³-hybridized carbons (Fsp3) is 0.364. The highest BCUT2D eigenvalue weighted by molar-refractivity contribution is 14.1. The molecule has 82 valence electrons. The Bertz CT molecular complexity index is 328. The summed E-state index contributed by atoms with van der Waals surface area (Å²) in [5, 5.41) is 12.2. The zero-order valence-corrected chi connectivity index (χ0v) is 10.5. The van der Waals surface area contributed by atoms with Gasteiger partial charge in [-0.25, -0.2) is 0 Å². The van der Waals surface area contributed by atoms with Crippen molar-refractivity contribution in [1.82, 2.24) is 5.32 Å². The van der Waals surface area contributed by atoms with E-state index in [2.05, 4.69) is 27.9 Å². The minimum atomic E-state index is -0.207. The van der Waals surface area contributed by atoms with Crippen molar-refractivity contribution in [2.24, 2.45) is 0 Å². The number of para-hydroxylation sites is 1. The predicted octanol–water partition coefficient (Wildman–Crippen LogP) is 2.34. The maximum absolute atomic E-state index is 11.6. The molecular weight excluding hydrogens is 305 g/mol. The number of phenolic OH excluding ortho intramolecular Hbond substituents is 1. The van der Waals surface area contributed by atoms with Crippen molar-refractivity contribution in [2.75, 3.05) is 11.0 Å². The summed E-state index contributed by atoms with van der Waals surface area (Å²) in [6.45, 7) is 0.663. The molecule has 1 aromatic carbocycles. The first-order chi connectivity index (χ1) is 7.25. The van der Waals surface area contributed by atoms with Crippen molar-refractivity contribution in [3.05, 3.63) is 29.8 Å². The van der Waals surface area contributed by atoms with E-state index in [0.29, 0.717) is 12.1 Å². The van der Waals surface area contributed by atoms with Crippen molar-refractivity contribution >= 4 is 28.5 Å². The molecule has 0 aromatic heterocycles. The number of hydrogen-bond donors (Lipinski definition) is 2. The van der Waals surface area contributed by atoms with E-state index in [4.69, 9.17) is 0 Å². The summed E-state index contributed by atoms with van der Waals surface area (Å²) in [5.41, 5.74) is 0.340. The summed E-state index contributed by atoms with van der Waals surface area (Å²) < 4.78 is 1.10. The molecule has 0 saturated carbocycles. The van der Waals surface area contributed by atoms with E-state index in [-0.39, 0.29) is 11.7 Å². The lowest BCUT2D eigenvalue weighted by Gasteiger charge is -2.05. The van der Waals surface area contributed by atoms with Gasteiger partial charge in [0.05, 0.1) is 5.56 Å². The summed E-state index contributed by atoms with van der Waals surface area (Å²) in [7, 11) is 0. The van der Waals surface area contributed by atoms with E-state index in [1.54, 1.807) is 18.2 Å². The van der Waals surface area contributed by atoms with Crippen LogP contribution in [0.25, 0.3) is 0 Å². The Morgan fingerprint density at radius 1 is 1.33 bits per heavy atom. The Labute approximate surface area is 103 Å². The van der Waals surface area contributed by atoms with E-state index >= 15 is 0 Å². The maximum atomic E-state index is 11.6. The second kappa shape index (κ2) is 6.66. The molecule has 4 heteroatoms. The van der Waals surface area contributed by atoms with E-state index in [1.807, 2.05) is 0 Å². The summed E-state index contributed by atoms with van der Waals surface area (Å²) in [5.74, 6) is -0.176. The maximum Gasteiger partial charge on any atom is 0.255 e. The number of alkyl halides is 1. The van der Waals surface area contributed by atoms with Crippen LogP contribution in [0, 0.1) is 0 Å². The van der Waals surface area contributed by atoms with Crippen LogP contribution < -0.4 is 5.32 Å².